The Hall–Kier alpha value is -1.89. The fourth-order valence-corrected chi connectivity index (χ4v) is 3.16. The number of piperazine rings is 1. The number of aromatic nitrogens is 2. The van der Waals surface area contributed by atoms with Gasteiger partial charge in [0.25, 0.3) is 0 Å². The lowest BCUT2D eigenvalue weighted by molar-refractivity contribution is -0.137. The molecule has 0 N–H and O–H groups in total. The predicted octanol–water partition coefficient (Wildman–Crippen LogP) is 0.591. The van der Waals surface area contributed by atoms with Gasteiger partial charge in [0.05, 0.1) is 17.8 Å². The Morgan fingerprint density at radius 2 is 1.96 bits per heavy atom. The van der Waals surface area contributed by atoms with Crippen molar-refractivity contribution in [3.63, 3.8) is 0 Å². The molecule has 2 fully saturated rings. The van der Waals surface area contributed by atoms with Crippen LogP contribution in [0.2, 0.25) is 0 Å². The van der Waals surface area contributed by atoms with Crippen molar-refractivity contribution in [2.24, 2.45) is 5.92 Å². The van der Waals surface area contributed by atoms with Crippen LogP contribution in [-0.2, 0) is 9.59 Å². The maximum absolute atomic E-state index is 12.7. The van der Waals surface area contributed by atoms with Crippen LogP contribution < -0.4 is 4.90 Å². The van der Waals surface area contributed by atoms with Gasteiger partial charge in [0.15, 0.2) is 0 Å². The SMILES string of the molecule is CC(C)n1cc(N2C[C@H](C(=O)N3CCN(C)CC3)CC2=O)cn1. The summed E-state index contributed by atoms with van der Waals surface area (Å²) in [6.45, 7) is 7.86. The molecule has 2 aliphatic heterocycles. The summed E-state index contributed by atoms with van der Waals surface area (Å²) < 4.78 is 1.83. The lowest BCUT2D eigenvalue weighted by atomic mass is 10.1. The number of hydrogen-bond donors (Lipinski definition) is 0. The third-order valence-electron chi connectivity index (χ3n) is 4.72. The van der Waals surface area contributed by atoms with E-state index in [0.29, 0.717) is 13.0 Å². The molecule has 7 nitrogen and oxygen atoms in total. The zero-order valence-corrected chi connectivity index (χ0v) is 14.1. The molecule has 1 aromatic heterocycles. The predicted molar refractivity (Wildman–Crippen MR) is 87.1 cm³/mol. The van der Waals surface area contributed by atoms with E-state index < -0.39 is 0 Å². The Bertz CT molecular complexity index is 589. The third kappa shape index (κ3) is 3.24. The molecule has 126 valence electrons. The molecule has 0 aromatic carbocycles. The van der Waals surface area contributed by atoms with Crippen LogP contribution in [-0.4, -0.2) is 71.2 Å². The van der Waals surface area contributed by atoms with Crippen LogP contribution in [0.4, 0.5) is 5.69 Å². The molecule has 2 amide bonds. The summed E-state index contributed by atoms with van der Waals surface area (Å²) in [6, 6.07) is 0.254. The van der Waals surface area contributed by atoms with Crippen LogP contribution in [0.3, 0.4) is 0 Å². The van der Waals surface area contributed by atoms with Crippen molar-refractivity contribution in [3.05, 3.63) is 12.4 Å². The summed E-state index contributed by atoms with van der Waals surface area (Å²) in [6.07, 6.45) is 3.89. The van der Waals surface area contributed by atoms with E-state index >= 15 is 0 Å². The van der Waals surface area contributed by atoms with Gasteiger partial charge < -0.3 is 14.7 Å². The molecular formula is C16H25N5O2. The second-order valence-electron chi connectivity index (χ2n) is 6.81. The molecular weight excluding hydrogens is 294 g/mol. The number of carbonyl (C=O) groups excluding carboxylic acids is 2. The molecule has 1 atom stereocenters. The Morgan fingerprint density at radius 1 is 1.26 bits per heavy atom. The van der Waals surface area contributed by atoms with Crippen molar-refractivity contribution in [3.8, 4) is 0 Å². The van der Waals surface area contributed by atoms with E-state index in [4.69, 9.17) is 0 Å². The first kappa shape index (κ1) is 16.0. The molecule has 0 spiro atoms. The van der Waals surface area contributed by atoms with Gasteiger partial charge in [-0.15, -0.1) is 0 Å². The first-order valence-corrected chi connectivity index (χ1v) is 8.27. The van der Waals surface area contributed by atoms with Crippen molar-refractivity contribution in [2.75, 3.05) is 44.7 Å². The summed E-state index contributed by atoms with van der Waals surface area (Å²) in [4.78, 5) is 30.8. The summed E-state index contributed by atoms with van der Waals surface area (Å²) in [5.74, 6) is -0.0979. The topological polar surface area (TPSA) is 61.7 Å². The highest BCUT2D eigenvalue weighted by atomic mass is 16.2. The first-order valence-electron chi connectivity index (χ1n) is 8.27. The van der Waals surface area contributed by atoms with Crippen molar-refractivity contribution in [2.45, 2.75) is 26.3 Å². The molecule has 23 heavy (non-hydrogen) atoms. The van der Waals surface area contributed by atoms with Crippen LogP contribution in [0.15, 0.2) is 12.4 Å². The molecule has 1 aromatic rings. The van der Waals surface area contributed by atoms with Crippen molar-refractivity contribution >= 4 is 17.5 Å². The smallest absolute Gasteiger partial charge is 0.228 e. The van der Waals surface area contributed by atoms with Gasteiger partial charge in [-0.3, -0.25) is 14.3 Å². The minimum Gasteiger partial charge on any atom is -0.340 e. The molecule has 0 unspecified atom stereocenters. The van der Waals surface area contributed by atoms with Crippen LogP contribution in [0.25, 0.3) is 0 Å². The van der Waals surface area contributed by atoms with Crippen LogP contribution >= 0.6 is 0 Å². The number of anilines is 1. The molecule has 2 aliphatic rings. The largest absolute Gasteiger partial charge is 0.340 e. The number of likely N-dealkylation sites (N-methyl/N-ethyl adjacent to an activating group) is 1. The monoisotopic (exact) mass is 319 g/mol. The van der Waals surface area contributed by atoms with E-state index in [1.165, 1.54) is 0 Å². The number of carbonyl (C=O) groups is 2. The first-order chi connectivity index (χ1) is 11.0. The highest BCUT2D eigenvalue weighted by molar-refractivity contribution is 6.00. The van der Waals surface area contributed by atoms with Crippen molar-refractivity contribution in [1.82, 2.24) is 19.6 Å². The maximum atomic E-state index is 12.7. The van der Waals surface area contributed by atoms with Gasteiger partial charge in [-0.05, 0) is 20.9 Å². The summed E-state index contributed by atoms with van der Waals surface area (Å²) in [5.41, 5.74) is 0.789. The van der Waals surface area contributed by atoms with Gasteiger partial charge in [-0.2, -0.15) is 5.10 Å². The van der Waals surface area contributed by atoms with Gasteiger partial charge >= 0.3 is 0 Å². The van der Waals surface area contributed by atoms with E-state index in [2.05, 4.69) is 17.0 Å². The van der Waals surface area contributed by atoms with Gasteiger partial charge in [0, 0.05) is 51.4 Å². The van der Waals surface area contributed by atoms with Crippen LogP contribution in [0, 0.1) is 5.92 Å². The summed E-state index contributed by atoms with van der Waals surface area (Å²) in [7, 11) is 2.06. The minimum absolute atomic E-state index is 0.0146. The molecule has 0 radical (unpaired) electrons. The van der Waals surface area contributed by atoms with E-state index in [0.717, 1.165) is 31.9 Å². The second kappa shape index (κ2) is 6.31. The quantitative estimate of drug-likeness (QED) is 0.818. The zero-order valence-electron chi connectivity index (χ0n) is 14.1. The highest BCUT2D eigenvalue weighted by Crippen LogP contribution is 2.27. The van der Waals surface area contributed by atoms with Crippen molar-refractivity contribution in [1.29, 1.82) is 0 Å². The number of rotatable bonds is 3. The molecule has 2 saturated heterocycles. The molecule has 0 bridgehead atoms. The number of nitrogens with zero attached hydrogens (tertiary/aromatic N) is 5. The third-order valence-corrected chi connectivity index (χ3v) is 4.72. The minimum atomic E-state index is -0.228. The van der Waals surface area contributed by atoms with Crippen molar-refractivity contribution < 1.29 is 9.59 Å². The summed E-state index contributed by atoms with van der Waals surface area (Å²) in [5, 5.41) is 4.28. The summed E-state index contributed by atoms with van der Waals surface area (Å²) >= 11 is 0. The molecule has 0 aliphatic carbocycles. The number of amides is 2. The Morgan fingerprint density at radius 3 is 2.57 bits per heavy atom. The normalized spacial score (nSPS) is 23.1. The maximum Gasteiger partial charge on any atom is 0.228 e. The lowest BCUT2D eigenvalue weighted by Crippen LogP contribution is -2.49. The Labute approximate surface area is 136 Å². The van der Waals surface area contributed by atoms with E-state index in [1.807, 2.05) is 29.6 Å². The fourth-order valence-electron chi connectivity index (χ4n) is 3.16. The van der Waals surface area contributed by atoms with Gasteiger partial charge in [0.1, 0.15) is 0 Å². The standard InChI is InChI=1S/C16H25N5O2/c1-12(2)21-11-14(9-17-21)20-10-13(8-15(20)22)16(23)19-6-4-18(3)5-7-19/h9,11-13H,4-8,10H2,1-3H3/t13-/m1/s1. The zero-order chi connectivity index (χ0) is 16.6. The second-order valence-corrected chi connectivity index (χ2v) is 6.81. The van der Waals surface area contributed by atoms with E-state index in [1.54, 1.807) is 11.1 Å². The van der Waals surface area contributed by atoms with Gasteiger partial charge in [-0.1, -0.05) is 0 Å². The van der Waals surface area contributed by atoms with Crippen LogP contribution in [0.1, 0.15) is 26.3 Å². The lowest BCUT2D eigenvalue weighted by Gasteiger charge is -2.33. The highest BCUT2D eigenvalue weighted by Gasteiger charge is 2.38. The molecule has 7 heteroatoms. The molecule has 0 saturated carbocycles. The van der Waals surface area contributed by atoms with E-state index in [-0.39, 0.29) is 23.8 Å². The average molecular weight is 319 g/mol. The fraction of sp³-hybridized carbons (Fsp3) is 0.688. The van der Waals surface area contributed by atoms with Crippen LogP contribution in [0.5, 0.6) is 0 Å². The molecule has 3 heterocycles. The number of hydrogen-bond acceptors (Lipinski definition) is 4. The average Bonchev–Trinajstić information content (AvgIpc) is 3.14. The van der Waals surface area contributed by atoms with E-state index in [9.17, 15) is 9.59 Å². The molecule has 3 rings (SSSR count). The Kier molecular flexibility index (Phi) is 4.39. The Balaban J connectivity index is 1.65. The van der Waals surface area contributed by atoms with Gasteiger partial charge in [-0.25, -0.2) is 0 Å². The van der Waals surface area contributed by atoms with Gasteiger partial charge in [0.2, 0.25) is 11.8 Å².